The summed E-state index contributed by atoms with van der Waals surface area (Å²) in [6.07, 6.45) is 1.04. The minimum Gasteiger partial charge on any atom is -0.491 e. The Bertz CT molecular complexity index is 583. The number of nitrogen functional groups attached to an aromatic ring is 1. The highest BCUT2D eigenvalue weighted by atomic mass is 32.1. The fraction of sp³-hybridized carbons (Fsp3) is 0.333. The zero-order valence-electron chi connectivity index (χ0n) is 11.7. The Morgan fingerprint density at radius 3 is 2.65 bits per heavy atom. The second-order valence-electron chi connectivity index (χ2n) is 4.38. The summed E-state index contributed by atoms with van der Waals surface area (Å²) in [5, 5.41) is 3.23. The highest BCUT2D eigenvalue weighted by Crippen LogP contribution is 2.29. The fourth-order valence-corrected chi connectivity index (χ4v) is 2.78. The molecule has 3 N–H and O–H groups in total. The van der Waals surface area contributed by atoms with Gasteiger partial charge in [0.05, 0.1) is 18.0 Å². The van der Waals surface area contributed by atoms with Crippen molar-refractivity contribution in [3.63, 3.8) is 0 Å². The van der Waals surface area contributed by atoms with Gasteiger partial charge in [-0.1, -0.05) is 6.92 Å². The van der Waals surface area contributed by atoms with Crippen LogP contribution in [-0.4, -0.2) is 6.61 Å². The smallest absolute Gasteiger partial charge is 0.167 e. The first-order valence-corrected chi connectivity index (χ1v) is 7.49. The molecular formula is C15H19FN2OS. The number of benzene rings is 1. The fourth-order valence-electron chi connectivity index (χ4n) is 1.88. The standard InChI is InChI=1S/C15H19FN2OS/c1-3-10-5-6-11(20-10)9-18-14-8-15(19-4-2)12(16)7-13(14)17/h5-8,18H,3-4,9,17H2,1-2H3. The van der Waals surface area contributed by atoms with Gasteiger partial charge in [-0.2, -0.15) is 0 Å². The predicted octanol–water partition coefficient (Wildman–Crippen LogP) is 4.04. The van der Waals surface area contributed by atoms with Gasteiger partial charge < -0.3 is 15.8 Å². The summed E-state index contributed by atoms with van der Waals surface area (Å²) in [7, 11) is 0. The Balaban J connectivity index is 2.10. The molecule has 0 spiro atoms. The van der Waals surface area contributed by atoms with Gasteiger partial charge in [0.1, 0.15) is 0 Å². The Morgan fingerprint density at radius 2 is 2.00 bits per heavy atom. The van der Waals surface area contributed by atoms with Gasteiger partial charge in [0.25, 0.3) is 0 Å². The molecule has 1 heterocycles. The van der Waals surface area contributed by atoms with Crippen LogP contribution >= 0.6 is 11.3 Å². The van der Waals surface area contributed by atoms with Crippen molar-refractivity contribution >= 4 is 22.7 Å². The van der Waals surface area contributed by atoms with E-state index in [4.69, 9.17) is 10.5 Å². The zero-order chi connectivity index (χ0) is 14.5. The molecule has 1 aromatic carbocycles. The number of thiophene rings is 1. The summed E-state index contributed by atoms with van der Waals surface area (Å²) in [5.74, 6) is -0.205. The Labute approximate surface area is 122 Å². The molecule has 2 rings (SSSR count). The lowest BCUT2D eigenvalue weighted by molar-refractivity contribution is 0.322. The SMILES string of the molecule is CCOc1cc(NCc2ccc(CC)s2)c(N)cc1F. The van der Waals surface area contributed by atoms with E-state index in [9.17, 15) is 4.39 Å². The average molecular weight is 294 g/mol. The molecule has 0 unspecified atom stereocenters. The van der Waals surface area contributed by atoms with E-state index in [0.717, 1.165) is 6.42 Å². The van der Waals surface area contributed by atoms with Gasteiger partial charge in [-0.05, 0) is 25.5 Å². The monoisotopic (exact) mass is 294 g/mol. The number of hydrogen-bond acceptors (Lipinski definition) is 4. The highest BCUT2D eigenvalue weighted by Gasteiger charge is 2.09. The number of hydrogen-bond donors (Lipinski definition) is 2. The average Bonchev–Trinajstić information content (AvgIpc) is 2.88. The van der Waals surface area contributed by atoms with Crippen molar-refractivity contribution in [1.82, 2.24) is 0 Å². The number of rotatable bonds is 6. The van der Waals surface area contributed by atoms with Crippen molar-refractivity contribution in [2.45, 2.75) is 26.8 Å². The summed E-state index contributed by atoms with van der Waals surface area (Å²) in [6, 6.07) is 7.13. The molecule has 2 aromatic rings. The van der Waals surface area contributed by atoms with Gasteiger partial charge in [-0.15, -0.1) is 11.3 Å². The largest absolute Gasteiger partial charge is 0.491 e. The summed E-state index contributed by atoms with van der Waals surface area (Å²) in [4.78, 5) is 2.58. The lowest BCUT2D eigenvalue weighted by Gasteiger charge is -2.12. The maximum atomic E-state index is 13.6. The molecule has 3 nitrogen and oxygen atoms in total. The van der Waals surface area contributed by atoms with Crippen LogP contribution in [0, 0.1) is 5.82 Å². The quantitative estimate of drug-likeness (QED) is 0.790. The van der Waals surface area contributed by atoms with Crippen LogP contribution in [0.3, 0.4) is 0 Å². The lowest BCUT2D eigenvalue weighted by Crippen LogP contribution is -2.04. The first-order chi connectivity index (χ1) is 9.63. The van der Waals surface area contributed by atoms with Crippen LogP contribution in [0.15, 0.2) is 24.3 Å². The Kier molecular flexibility index (Phi) is 4.84. The van der Waals surface area contributed by atoms with E-state index in [0.29, 0.717) is 24.5 Å². The number of ether oxygens (including phenoxy) is 1. The number of aryl methyl sites for hydroxylation is 1. The van der Waals surface area contributed by atoms with Crippen molar-refractivity contribution in [2.75, 3.05) is 17.7 Å². The zero-order valence-corrected chi connectivity index (χ0v) is 12.5. The van der Waals surface area contributed by atoms with Gasteiger partial charge in [0, 0.05) is 28.4 Å². The van der Waals surface area contributed by atoms with Crippen LogP contribution < -0.4 is 15.8 Å². The highest BCUT2D eigenvalue weighted by molar-refractivity contribution is 7.12. The van der Waals surface area contributed by atoms with Crippen molar-refractivity contribution in [2.24, 2.45) is 0 Å². The summed E-state index contributed by atoms with van der Waals surface area (Å²) in [5.41, 5.74) is 6.91. The first kappa shape index (κ1) is 14.7. The Morgan fingerprint density at radius 1 is 1.25 bits per heavy atom. The third kappa shape index (κ3) is 3.42. The van der Waals surface area contributed by atoms with Crippen LogP contribution in [0.5, 0.6) is 5.75 Å². The third-order valence-electron chi connectivity index (χ3n) is 2.92. The number of halogens is 1. The summed E-state index contributed by atoms with van der Waals surface area (Å²) in [6.45, 7) is 5.05. The molecule has 1 aromatic heterocycles. The van der Waals surface area contributed by atoms with Crippen molar-refractivity contribution < 1.29 is 9.13 Å². The number of anilines is 2. The minimum absolute atomic E-state index is 0.227. The van der Waals surface area contributed by atoms with E-state index in [2.05, 4.69) is 24.4 Å². The Hall–Kier alpha value is -1.75. The second kappa shape index (κ2) is 6.61. The van der Waals surface area contributed by atoms with Crippen LogP contribution in [0.2, 0.25) is 0 Å². The van der Waals surface area contributed by atoms with Crippen LogP contribution in [0.4, 0.5) is 15.8 Å². The molecule has 0 aliphatic carbocycles. The summed E-state index contributed by atoms with van der Waals surface area (Å²) < 4.78 is 18.8. The molecule has 0 atom stereocenters. The first-order valence-electron chi connectivity index (χ1n) is 6.67. The van der Waals surface area contributed by atoms with Crippen molar-refractivity contribution in [3.05, 3.63) is 39.8 Å². The third-order valence-corrected chi connectivity index (χ3v) is 4.15. The normalized spacial score (nSPS) is 10.6. The van der Waals surface area contributed by atoms with E-state index in [1.165, 1.54) is 15.8 Å². The predicted molar refractivity (Wildman–Crippen MR) is 83.0 cm³/mol. The maximum absolute atomic E-state index is 13.6. The molecule has 0 radical (unpaired) electrons. The van der Waals surface area contributed by atoms with Crippen molar-refractivity contribution in [1.29, 1.82) is 0 Å². The minimum atomic E-state index is -0.431. The van der Waals surface area contributed by atoms with Crippen LogP contribution in [0.25, 0.3) is 0 Å². The molecule has 0 bridgehead atoms. The lowest BCUT2D eigenvalue weighted by atomic mass is 10.2. The van der Waals surface area contributed by atoms with E-state index in [-0.39, 0.29) is 5.75 Å². The molecule has 0 amide bonds. The van der Waals surface area contributed by atoms with E-state index in [1.807, 2.05) is 6.92 Å². The molecule has 0 aliphatic heterocycles. The number of nitrogens with two attached hydrogens (primary N) is 1. The van der Waals surface area contributed by atoms with Crippen molar-refractivity contribution in [3.8, 4) is 5.75 Å². The molecule has 0 saturated carbocycles. The van der Waals surface area contributed by atoms with Crippen LogP contribution in [0.1, 0.15) is 23.6 Å². The van der Waals surface area contributed by atoms with E-state index in [1.54, 1.807) is 17.4 Å². The molecule has 0 saturated heterocycles. The van der Waals surface area contributed by atoms with E-state index < -0.39 is 5.82 Å². The molecule has 108 valence electrons. The van der Waals surface area contributed by atoms with Gasteiger partial charge >= 0.3 is 0 Å². The number of nitrogens with one attached hydrogen (secondary N) is 1. The van der Waals surface area contributed by atoms with Gasteiger partial charge in [-0.3, -0.25) is 0 Å². The maximum Gasteiger partial charge on any atom is 0.167 e. The second-order valence-corrected chi connectivity index (χ2v) is 5.63. The van der Waals surface area contributed by atoms with Gasteiger partial charge in [0.2, 0.25) is 0 Å². The molecule has 0 fully saturated rings. The van der Waals surface area contributed by atoms with E-state index >= 15 is 0 Å². The molecule has 5 heteroatoms. The molecule has 20 heavy (non-hydrogen) atoms. The topological polar surface area (TPSA) is 47.3 Å². The van der Waals surface area contributed by atoms with Crippen LogP contribution in [-0.2, 0) is 13.0 Å². The van der Waals surface area contributed by atoms with Gasteiger partial charge in [-0.25, -0.2) is 4.39 Å². The molecular weight excluding hydrogens is 275 g/mol. The van der Waals surface area contributed by atoms with Gasteiger partial charge in [0.15, 0.2) is 11.6 Å². The molecule has 0 aliphatic rings. The summed E-state index contributed by atoms with van der Waals surface area (Å²) >= 11 is 1.77.